The van der Waals surface area contributed by atoms with Crippen LogP contribution in [-0.2, 0) is 0 Å². The summed E-state index contributed by atoms with van der Waals surface area (Å²) in [6.07, 6.45) is 8.93. The molecule has 0 bridgehead atoms. The highest BCUT2D eigenvalue weighted by Crippen LogP contribution is 2.38. The molecule has 2 unspecified atom stereocenters. The molecule has 3 nitrogen and oxygen atoms in total. The van der Waals surface area contributed by atoms with Crippen molar-refractivity contribution in [3.8, 4) is 0 Å². The van der Waals surface area contributed by atoms with Gasteiger partial charge < -0.3 is 5.73 Å². The number of rotatable bonds is 4. The molecule has 0 amide bonds. The van der Waals surface area contributed by atoms with Crippen LogP contribution in [0.3, 0.4) is 0 Å². The van der Waals surface area contributed by atoms with Crippen molar-refractivity contribution in [3.05, 3.63) is 30.1 Å². The van der Waals surface area contributed by atoms with Crippen molar-refractivity contribution in [2.45, 2.75) is 64.6 Å². The van der Waals surface area contributed by atoms with Crippen LogP contribution in [0.5, 0.6) is 0 Å². The molecule has 0 spiro atoms. The molecular weight excluding hydrogens is 246 g/mol. The number of hydrogen-bond donors (Lipinski definition) is 1. The van der Waals surface area contributed by atoms with Gasteiger partial charge in [-0.3, -0.25) is 9.88 Å². The predicted molar refractivity (Wildman–Crippen MR) is 84.4 cm³/mol. The highest BCUT2D eigenvalue weighted by Gasteiger charge is 2.33. The van der Waals surface area contributed by atoms with Crippen molar-refractivity contribution in [2.75, 3.05) is 7.05 Å². The van der Waals surface area contributed by atoms with Crippen LogP contribution in [0.1, 0.15) is 58.1 Å². The minimum atomic E-state index is 0.110. The van der Waals surface area contributed by atoms with E-state index in [-0.39, 0.29) is 12.1 Å². The maximum atomic E-state index is 6.26. The lowest BCUT2D eigenvalue weighted by molar-refractivity contribution is 0.0855. The smallest absolute Gasteiger partial charge is 0.0511 e. The average Bonchev–Trinajstić information content (AvgIpc) is 2.39. The molecule has 1 saturated carbocycles. The van der Waals surface area contributed by atoms with E-state index in [0.717, 1.165) is 0 Å². The second-order valence-electron chi connectivity index (χ2n) is 7.15. The molecular formula is C17H29N3. The van der Waals surface area contributed by atoms with Gasteiger partial charge in [0.05, 0.1) is 6.04 Å². The van der Waals surface area contributed by atoms with Crippen LogP contribution < -0.4 is 5.73 Å². The lowest BCUT2D eigenvalue weighted by Gasteiger charge is -2.43. The Hall–Kier alpha value is -0.930. The Balaban J connectivity index is 2.11. The summed E-state index contributed by atoms with van der Waals surface area (Å²) in [5.74, 6) is 0. The van der Waals surface area contributed by atoms with E-state index in [1.54, 1.807) is 0 Å². The zero-order valence-corrected chi connectivity index (χ0v) is 13.3. The molecule has 1 heterocycles. The fourth-order valence-corrected chi connectivity index (χ4v) is 3.48. The van der Waals surface area contributed by atoms with E-state index in [1.165, 1.54) is 31.2 Å². The Morgan fingerprint density at radius 2 is 2.00 bits per heavy atom. The first-order valence-corrected chi connectivity index (χ1v) is 7.78. The summed E-state index contributed by atoms with van der Waals surface area (Å²) in [5.41, 5.74) is 8.00. The lowest BCUT2D eigenvalue weighted by Crippen LogP contribution is -2.45. The van der Waals surface area contributed by atoms with E-state index in [4.69, 9.17) is 5.73 Å². The SMILES string of the molecule is CC(N)C(c1cccnc1)N(C)C1CCC(C)(C)CC1. The van der Waals surface area contributed by atoms with Crippen LogP contribution in [0.4, 0.5) is 0 Å². The lowest BCUT2D eigenvalue weighted by atomic mass is 9.75. The third-order valence-corrected chi connectivity index (χ3v) is 4.85. The molecule has 0 aliphatic heterocycles. The summed E-state index contributed by atoms with van der Waals surface area (Å²) in [6, 6.07) is 5.15. The van der Waals surface area contributed by atoms with Gasteiger partial charge in [-0.15, -0.1) is 0 Å². The largest absolute Gasteiger partial charge is 0.326 e. The Morgan fingerprint density at radius 1 is 1.35 bits per heavy atom. The van der Waals surface area contributed by atoms with E-state index in [1.807, 2.05) is 18.5 Å². The fraction of sp³-hybridized carbons (Fsp3) is 0.706. The number of hydrogen-bond acceptors (Lipinski definition) is 3. The Bertz CT molecular complexity index is 404. The number of likely N-dealkylation sites (N-methyl/N-ethyl adjacent to an activating group) is 1. The number of nitrogens with zero attached hydrogens (tertiary/aromatic N) is 2. The quantitative estimate of drug-likeness (QED) is 0.916. The summed E-state index contributed by atoms with van der Waals surface area (Å²) in [4.78, 5) is 6.74. The normalized spacial score (nSPS) is 22.7. The van der Waals surface area contributed by atoms with Gasteiger partial charge >= 0.3 is 0 Å². The molecule has 0 aromatic carbocycles. The Kier molecular flexibility index (Phi) is 4.82. The van der Waals surface area contributed by atoms with Gasteiger partial charge in [0.2, 0.25) is 0 Å². The molecule has 2 rings (SSSR count). The molecule has 1 aromatic rings. The van der Waals surface area contributed by atoms with Gasteiger partial charge in [-0.05, 0) is 56.7 Å². The first-order valence-electron chi connectivity index (χ1n) is 7.78. The maximum Gasteiger partial charge on any atom is 0.0511 e. The number of aromatic nitrogens is 1. The Morgan fingerprint density at radius 3 is 2.50 bits per heavy atom. The minimum absolute atomic E-state index is 0.110. The number of pyridine rings is 1. The van der Waals surface area contributed by atoms with Gasteiger partial charge in [0.15, 0.2) is 0 Å². The molecule has 112 valence electrons. The maximum absolute atomic E-state index is 6.26. The monoisotopic (exact) mass is 275 g/mol. The van der Waals surface area contributed by atoms with Crippen LogP contribution in [-0.4, -0.2) is 29.0 Å². The standard InChI is InChI=1S/C17H29N3/c1-13(18)16(14-6-5-11-19-12-14)20(4)15-7-9-17(2,3)10-8-15/h5-6,11-13,15-16H,7-10,18H2,1-4H3. The van der Waals surface area contributed by atoms with E-state index in [0.29, 0.717) is 11.5 Å². The van der Waals surface area contributed by atoms with Gasteiger partial charge in [0.1, 0.15) is 0 Å². The highest BCUT2D eigenvalue weighted by molar-refractivity contribution is 5.16. The Labute approximate surface area is 123 Å². The topological polar surface area (TPSA) is 42.1 Å². The zero-order chi connectivity index (χ0) is 14.8. The van der Waals surface area contributed by atoms with Crippen molar-refractivity contribution in [2.24, 2.45) is 11.1 Å². The molecule has 1 aromatic heterocycles. The van der Waals surface area contributed by atoms with Gasteiger partial charge in [-0.1, -0.05) is 19.9 Å². The second-order valence-corrected chi connectivity index (χ2v) is 7.15. The summed E-state index contributed by atoms with van der Waals surface area (Å²) in [6.45, 7) is 6.86. The van der Waals surface area contributed by atoms with Gasteiger partial charge in [0, 0.05) is 24.5 Å². The second kappa shape index (κ2) is 6.23. The zero-order valence-electron chi connectivity index (χ0n) is 13.3. The summed E-state index contributed by atoms with van der Waals surface area (Å²) >= 11 is 0. The van der Waals surface area contributed by atoms with Crippen LogP contribution in [0, 0.1) is 5.41 Å². The van der Waals surface area contributed by atoms with Gasteiger partial charge in [-0.2, -0.15) is 0 Å². The molecule has 2 N–H and O–H groups in total. The number of nitrogens with two attached hydrogens (primary N) is 1. The molecule has 0 saturated heterocycles. The van der Waals surface area contributed by atoms with Gasteiger partial charge in [-0.25, -0.2) is 0 Å². The van der Waals surface area contributed by atoms with Gasteiger partial charge in [0.25, 0.3) is 0 Å². The first-order chi connectivity index (χ1) is 9.41. The molecule has 0 radical (unpaired) electrons. The third kappa shape index (κ3) is 3.58. The van der Waals surface area contributed by atoms with Crippen molar-refractivity contribution >= 4 is 0 Å². The summed E-state index contributed by atoms with van der Waals surface area (Å²) in [5, 5.41) is 0. The van der Waals surface area contributed by atoms with Crippen LogP contribution in [0.25, 0.3) is 0 Å². The van der Waals surface area contributed by atoms with E-state index in [9.17, 15) is 0 Å². The molecule has 1 aliphatic rings. The summed E-state index contributed by atoms with van der Waals surface area (Å²) in [7, 11) is 2.23. The molecule has 3 heteroatoms. The van der Waals surface area contributed by atoms with E-state index < -0.39 is 0 Å². The van der Waals surface area contributed by atoms with Crippen LogP contribution in [0.15, 0.2) is 24.5 Å². The van der Waals surface area contributed by atoms with Crippen LogP contribution >= 0.6 is 0 Å². The van der Waals surface area contributed by atoms with Crippen molar-refractivity contribution in [1.29, 1.82) is 0 Å². The minimum Gasteiger partial charge on any atom is -0.326 e. The van der Waals surface area contributed by atoms with Crippen molar-refractivity contribution in [1.82, 2.24) is 9.88 Å². The molecule has 1 aliphatic carbocycles. The van der Waals surface area contributed by atoms with E-state index >= 15 is 0 Å². The van der Waals surface area contributed by atoms with E-state index in [2.05, 4.69) is 43.8 Å². The predicted octanol–water partition coefficient (Wildman–Crippen LogP) is 3.37. The first kappa shape index (κ1) is 15.5. The molecule has 20 heavy (non-hydrogen) atoms. The molecule has 1 fully saturated rings. The van der Waals surface area contributed by atoms with Crippen molar-refractivity contribution in [3.63, 3.8) is 0 Å². The van der Waals surface area contributed by atoms with Crippen molar-refractivity contribution < 1.29 is 0 Å². The highest BCUT2D eigenvalue weighted by atomic mass is 15.2. The average molecular weight is 275 g/mol. The summed E-state index contributed by atoms with van der Waals surface area (Å²) < 4.78 is 0. The molecule has 2 atom stereocenters. The van der Waals surface area contributed by atoms with Crippen LogP contribution in [0.2, 0.25) is 0 Å². The third-order valence-electron chi connectivity index (χ3n) is 4.85. The fourth-order valence-electron chi connectivity index (χ4n) is 3.48.